The lowest BCUT2D eigenvalue weighted by Crippen LogP contribution is -2.30. The highest BCUT2D eigenvalue weighted by Gasteiger charge is 2.14. The highest BCUT2D eigenvalue weighted by molar-refractivity contribution is 7.10. The molecule has 0 aliphatic carbocycles. The van der Waals surface area contributed by atoms with E-state index in [1.807, 2.05) is 24.3 Å². The first-order valence-electron chi connectivity index (χ1n) is 6.72. The van der Waals surface area contributed by atoms with Crippen molar-refractivity contribution in [2.45, 2.75) is 6.42 Å². The van der Waals surface area contributed by atoms with Crippen LogP contribution in [0.15, 0.2) is 24.3 Å². The molecular formula is C14H16N4O4S. The minimum Gasteiger partial charge on any atom is -0.497 e. The van der Waals surface area contributed by atoms with Gasteiger partial charge in [0.25, 0.3) is 5.82 Å². The van der Waals surface area contributed by atoms with Crippen molar-refractivity contribution in [1.82, 2.24) is 14.7 Å². The van der Waals surface area contributed by atoms with Gasteiger partial charge in [0.2, 0.25) is 5.13 Å². The predicted octanol–water partition coefficient (Wildman–Crippen LogP) is 1.70. The molecule has 2 amide bonds. The fourth-order valence-corrected chi connectivity index (χ4v) is 2.26. The standard InChI is InChI=1S/C14H16N4O4S/c1-21-10-5-3-9(4-6-10)7-8-15-13(20)17-14-16-11(18-23-14)12(19)22-2/h3-6H,7-8H2,1-2H3,(H2,15,16,17,18,20). The first-order valence-corrected chi connectivity index (χ1v) is 7.49. The Kier molecular flexibility index (Phi) is 5.87. The van der Waals surface area contributed by atoms with Crippen molar-refractivity contribution in [3.05, 3.63) is 35.7 Å². The van der Waals surface area contributed by atoms with Crippen LogP contribution >= 0.6 is 11.5 Å². The monoisotopic (exact) mass is 336 g/mol. The first kappa shape index (κ1) is 16.7. The van der Waals surface area contributed by atoms with Gasteiger partial charge in [-0.1, -0.05) is 12.1 Å². The van der Waals surface area contributed by atoms with Gasteiger partial charge in [-0.3, -0.25) is 5.32 Å². The highest BCUT2D eigenvalue weighted by atomic mass is 32.1. The van der Waals surface area contributed by atoms with Crippen molar-refractivity contribution in [3.8, 4) is 5.75 Å². The normalized spacial score (nSPS) is 10.0. The van der Waals surface area contributed by atoms with Crippen LogP contribution in [0.1, 0.15) is 16.2 Å². The van der Waals surface area contributed by atoms with Crippen LogP contribution in [0.2, 0.25) is 0 Å². The van der Waals surface area contributed by atoms with Gasteiger partial charge in [0.05, 0.1) is 14.2 Å². The third kappa shape index (κ3) is 4.92. The van der Waals surface area contributed by atoms with E-state index in [-0.39, 0.29) is 11.0 Å². The van der Waals surface area contributed by atoms with E-state index in [2.05, 4.69) is 24.7 Å². The molecule has 1 heterocycles. The molecule has 0 spiro atoms. The average Bonchev–Trinajstić information content (AvgIpc) is 3.03. The lowest BCUT2D eigenvalue weighted by atomic mass is 10.1. The molecule has 0 unspecified atom stereocenters. The predicted molar refractivity (Wildman–Crippen MR) is 85.0 cm³/mol. The van der Waals surface area contributed by atoms with Crippen molar-refractivity contribution < 1.29 is 19.1 Å². The minimum atomic E-state index is -0.644. The molecule has 0 bridgehead atoms. The second-order valence-corrected chi connectivity index (χ2v) is 5.15. The summed E-state index contributed by atoms with van der Waals surface area (Å²) >= 11 is 0.908. The van der Waals surface area contributed by atoms with E-state index in [9.17, 15) is 9.59 Å². The number of nitrogens with zero attached hydrogens (tertiary/aromatic N) is 2. The van der Waals surface area contributed by atoms with Gasteiger partial charge >= 0.3 is 12.0 Å². The van der Waals surface area contributed by atoms with Crippen LogP contribution in [0.5, 0.6) is 5.75 Å². The smallest absolute Gasteiger partial charge is 0.377 e. The lowest BCUT2D eigenvalue weighted by molar-refractivity contribution is 0.0588. The number of esters is 1. The van der Waals surface area contributed by atoms with Crippen molar-refractivity contribution in [3.63, 3.8) is 0 Å². The number of anilines is 1. The van der Waals surface area contributed by atoms with Gasteiger partial charge in [-0.2, -0.15) is 9.36 Å². The van der Waals surface area contributed by atoms with E-state index < -0.39 is 12.0 Å². The number of rotatable bonds is 6. The molecule has 0 radical (unpaired) electrons. The molecule has 122 valence electrons. The van der Waals surface area contributed by atoms with Gasteiger partial charge in [0.1, 0.15) is 5.75 Å². The summed E-state index contributed by atoms with van der Waals surface area (Å²) in [5, 5.41) is 5.44. The van der Waals surface area contributed by atoms with Gasteiger partial charge in [-0.25, -0.2) is 9.59 Å². The number of methoxy groups -OCH3 is 2. The Bertz CT molecular complexity index is 672. The van der Waals surface area contributed by atoms with Crippen LogP contribution in [-0.4, -0.2) is 42.1 Å². The maximum atomic E-state index is 11.7. The molecule has 0 fully saturated rings. The molecule has 9 heteroatoms. The summed E-state index contributed by atoms with van der Waals surface area (Å²) in [4.78, 5) is 26.8. The van der Waals surface area contributed by atoms with Gasteiger partial charge in [-0.05, 0) is 24.1 Å². The molecule has 0 aliphatic heterocycles. The topological polar surface area (TPSA) is 102 Å². The fraction of sp³-hybridized carbons (Fsp3) is 0.286. The fourth-order valence-electron chi connectivity index (χ4n) is 1.70. The van der Waals surface area contributed by atoms with E-state index in [4.69, 9.17) is 4.74 Å². The van der Waals surface area contributed by atoms with Crippen LogP contribution in [0.4, 0.5) is 9.93 Å². The Balaban J connectivity index is 1.76. The zero-order chi connectivity index (χ0) is 16.7. The van der Waals surface area contributed by atoms with Gasteiger partial charge in [0.15, 0.2) is 0 Å². The summed E-state index contributed by atoms with van der Waals surface area (Å²) in [6.45, 7) is 0.459. The summed E-state index contributed by atoms with van der Waals surface area (Å²) in [5.41, 5.74) is 1.08. The summed E-state index contributed by atoms with van der Waals surface area (Å²) in [6, 6.07) is 7.19. The molecular weight excluding hydrogens is 320 g/mol. The molecule has 1 aromatic heterocycles. The molecule has 23 heavy (non-hydrogen) atoms. The quantitative estimate of drug-likeness (QED) is 0.778. The SMILES string of the molecule is COC(=O)c1nsc(NC(=O)NCCc2ccc(OC)cc2)n1. The Morgan fingerprint density at radius 2 is 1.96 bits per heavy atom. The number of amides is 2. The molecule has 8 nitrogen and oxygen atoms in total. The van der Waals surface area contributed by atoms with Crippen LogP contribution in [0.3, 0.4) is 0 Å². The molecule has 2 rings (SSSR count). The van der Waals surface area contributed by atoms with Crippen molar-refractivity contribution in [2.75, 3.05) is 26.1 Å². The zero-order valence-corrected chi connectivity index (χ0v) is 13.5. The largest absolute Gasteiger partial charge is 0.497 e. The molecule has 0 saturated carbocycles. The van der Waals surface area contributed by atoms with Crippen molar-refractivity contribution >= 4 is 28.7 Å². The van der Waals surface area contributed by atoms with Crippen LogP contribution in [0.25, 0.3) is 0 Å². The van der Waals surface area contributed by atoms with E-state index >= 15 is 0 Å². The number of carbonyl (C=O) groups excluding carboxylic acids is 2. The second kappa shape index (κ2) is 8.08. The maximum absolute atomic E-state index is 11.7. The van der Waals surface area contributed by atoms with E-state index in [1.54, 1.807) is 7.11 Å². The Morgan fingerprint density at radius 1 is 1.22 bits per heavy atom. The Labute approximate surface area is 137 Å². The molecule has 2 aromatic rings. The average molecular weight is 336 g/mol. The van der Waals surface area contributed by atoms with Crippen LogP contribution in [-0.2, 0) is 11.2 Å². The van der Waals surface area contributed by atoms with Crippen LogP contribution < -0.4 is 15.4 Å². The van der Waals surface area contributed by atoms with E-state index in [0.717, 1.165) is 22.8 Å². The third-order valence-electron chi connectivity index (χ3n) is 2.87. The van der Waals surface area contributed by atoms with Gasteiger partial charge in [-0.15, -0.1) is 0 Å². The summed E-state index contributed by atoms with van der Waals surface area (Å²) in [7, 11) is 2.85. The number of hydrogen-bond acceptors (Lipinski definition) is 7. The second-order valence-electron chi connectivity index (χ2n) is 4.39. The highest BCUT2D eigenvalue weighted by Crippen LogP contribution is 2.12. The molecule has 2 N–H and O–H groups in total. The number of ether oxygens (including phenoxy) is 2. The zero-order valence-electron chi connectivity index (χ0n) is 12.7. The number of hydrogen-bond donors (Lipinski definition) is 2. The molecule has 0 aliphatic rings. The number of carbonyl (C=O) groups is 2. The molecule has 0 saturated heterocycles. The maximum Gasteiger partial charge on any atom is 0.377 e. The van der Waals surface area contributed by atoms with Gasteiger partial charge in [0, 0.05) is 18.1 Å². The minimum absolute atomic E-state index is 0.0777. The van der Waals surface area contributed by atoms with E-state index in [1.165, 1.54) is 7.11 Å². The summed E-state index contributed by atoms with van der Waals surface area (Å²) < 4.78 is 13.4. The van der Waals surface area contributed by atoms with Gasteiger partial charge < -0.3 is 14.8 Å². The number of benzene rings is 1. The third-order valence-corrected chi connectivity index (χ3v) is 3.50. The first-order chi connectivity index (χ1) is 11.1. The molecule has 1 aromatic carbocycles. The Morgan fingerprint density at radius 3 is 2.61 bits per heavy atom. The van der Waals surface area contributed by atoms with E-state index in [0.29, 0.717) is 13.0 Å². The number of nitrogens with one attached hydrogen (secondary N) is 2. The van der Waals surface area contributed by atoms with Crippen molar-refractivity contribution in [2.24, 2.45) is 0 Å². The summed E-state index contributed by atoms with van der Waals surface area (Å²) in [6.07, 6.45) is 0.681. The summed E-state index contributed by atoms with van der Waals surface area (Å²) in [5.74, 6) is 0.0670. The van der Waals surface area contributed by atoms with Crippen molar-refractivity contribution in [1.29, 1.82) is 0 Å². The number of urea groups is 1. The van der Waals surface area contributed by atoms with Crippen LogP contribution in [0, 0.1) is 0 Å². The Hall–Kier alpha value is -2.68. The molecule has 0 atom stereocenters. The lowest BCUT2D eigenvalue weighted by Gasteiger charge is -2.06. The number of aromatic nitrogens is 2.